The Morgan fingerprint density at radius 1 is 0.578 bits per heavy atom. The second-order valence-electron chi connectivity index (χ2n) is 14.7. The molecule has 0 fully saturated rings. The van der Waals surface area contributed by atoms with E-state index in [0.29, 0.717) is 49.4 Å². The molecule has 2 aromatic rings. The van der Waals surface area contributed by atoms with Gasteiger partial charge in [0.25, 0.3) is 0 Å². The van der Waals surface area contributed by atoms with Gasteiger partial charge in [-0.15, -0.1) is 0 Å². The molecule has 0 N–H and O–H groups in total. The Labute approximate surface area is 284 Å². The van der Waals surface area contributed by atoms with Crippen LogP contribution in [0.4, 0.5) is 0 Å². The number of benzene rings is 2. The third kappa shape index (κ3) is 17.8. The summed E-state index contributed by atoms with van der Waals surface area (Å²) in [5, 5.41) is 0. The SMILES string of the molecule is CCOc1cc(OCOCC[Si](C)(C)C)cc(/C=C/c2ccc(OCOCC[Si](C)(C)C)c(OCOCC[Si](C)(C)C)c2)c1Br. The molecule has 0 unspecified atom stereocenters. The number of hydrogen-bond acceptors (Lipinski definition) is 7. The summed E-state index contributed by atoms with van der Waals surface area (Å²) >= 11 is 3.72. The Hall–Kier alpha value is -1.61. The fraction of sp³-hybridized carbons (Fsp3) is 0.588. The number of rotatable bonds is 22. The molecule has 45 heavy (non-hydrogen) atoms. The third-order valence-electron chi connectivity index (χ3n) is 6.66. The second-order valence-corrected chi connectivity index (χ2v) is 32.4. The normalized spacial score (nSPS) is 12.5. The van der Waals surface area contributed by atoms with Crippen LogP contribution >= 0.6 is 15.9 Å². The summed E-state index contributed by atoms with van der Waals surface area (Å²) in [5.74, 6) is 2.64. The zero-order valence-corrected chi connectivity index (χ0v) is 33.9. The lowest BCUT2D eigenvalue weighted by atomic mass is 10.1. The monoisotopic (exact) mass is 740 g/mol. The molecule has 0 heterocycles. The van der Waals surface area contributed by atoms with E-state index >= 15 is 0 Å². The molecule has 11 heteroatoms. The van der Waals surface area contributed by atoms with Crippen LogP contribution in [0.25, 0.3) is 12.2 Å². The van der Waals surface area contributed by atoms with E-state index in [1.165, 1.54) is 0 Å². The maximum Gasteiger partial charge on any atom is 0.189 e. The van der Waals surface area contributed by atoms with Gasteiger partial charge < -0.3 is 33.2 Å². The molecule has 0 radical (unpaired) electrons. The van der Waals surface area contributed by atoms with E-state index in [2.05, 4.69) is 74.9 Å². The zero-order chi connectivity index (χ0) is 33.5. The molecule has 0 aliphatic carbocycles. The van der Waals surface area contributed by atoms with Crippen LogP contribution in [0, 0.1) is 0 Å². The van der Waals surface area contributed by atoms with Crippen LogP contribution in [0.1, 0.15) is 18.1 Å². The fourth-order valence-electron chi connectivity index (χ4n) is 3.74. The number of halogens is 1. The lowest BCUT2D eigenvalue weighted by Crippen LogP contribution is -2.22. The van der Waals surface area contributed by atoms with Gasteiger partial charge in [0.1, 0.15) is 11.5 Å². The maximum absolute atomic E-state index is 6.06. The zero-order valence-electron chi connectivity index (χ0n) is 29.3. The first-order valence-corrected chi connectivity index (χ1v) is 27.9. The molecule has 0 aliphatic heterocycles. The average Bonchev–Trinajstić information content (AvgIpc) is 2.92. The van der Waals surface area contributed by atoms with Gasteiger partial charge in [0, 0.05) is 50.1 Å². The van der Waals surface area contributed by atoms with E-state index in [-0.39, 0.29) is 20.4 Å². The predicted octanol–water partition coefficient (Wildman–Crippen LogP) is 10.1. The summed E-state index contributed by atoms with van der Waals surface area (Å²) < 4.78 is 42.1. The van der Waals surface area contributed by atoms with Crippen molar-refractivity contribution in [2.45, 2.75) is 84.0 Å². The van der Waals surface area contributed by atoms with Crippen molar-refractivity contribution >= 4 is 52.3 Å². The van der Waals surface area contributed by atoms with Gasteiger partial charge in [-0.2, -0.15) is 0 Å². The highest BCUT2D eigenvalue weighted by Gasteiger charge is 2.15. The summed E-state index contributed by atoms with van der Waals surface area (Å²) in [5.41, 5.74) is 1.87. The molecule has 0 saturated heterocycles. The first-order valence-electron chi connectivity index (χ1n) is 16.0. The van der Waals surface area contributed by atoms with Crippen LogP contribution in [-0.4, -0.2) is 71.0 Å². The molecule has 2 aromatic carbocycles. The van der Waals surface area contributed by atoms with Crippen LogP contribution in [0.5, 0.6) is 23.0 Å². The molecule has 0 spiro atoms. The van der Waals surface area contributed by atoms with Gasteiger partial charge in [0.15, 0.2) is 31.9 Å². The Morgan fingerprint density at radius 2 is 1.09 bits per heavy atom. The molecule has 254 valence electrons. The highest BCUT2D eigenvalue weighted by molar-refractivity contribution is 9.10. The maximum atomic E-state index is 6.06. The van der Waals surface area contributed by atoms with Crippen molar-refractivity contribution in [3.8, 4) is 23.0 Å². The topological polar surface area (TPSA) is 64.6 Å². The second kappa shape index (κ2) is 19.3. The van der Waals surface area contributed by atoms with Crippen LogP contribution in [0.3, 0.4) is 0 Å². The summed E-state index contributed by atoms with van der Waals surface area (Å²) in [7, 11) is -3.50. The minimum Gasteiger partial charge on any atom is -0.493 e. The molecule has 0 saturated carbocycles. The van der Waals surface area contributed by atoms with Crippen molar-refractivity contribution in [2.75, 3.05) is 46.8 Å². The summed E-state index contributed by atoms with van der Waals surface area (Å²) in [6.45, 7) is 26.1. The standard InChI is InChI=1S/C34H57BrO7Si3/c1-11-39-33-24-30(40-25-36-16-19-43(2,3)4)23-29(34(33)35)14-12-28-13-15-31(41-26-37-17-20-44(5,6)7)32(22-28)42-27-38-18-21-45(8,9)10/h12-15,22-24H,11,16-21,25-27H2,1-10H3/b14-12+. The summed E-state index contributed by atoms with van der Waals surface area (Å²) in [6.07, 6.45) is 4.05. The summed E-state index contributed by atoms with van der Waals surface area (Å²) in [4.78, 5) is 0. The molecule has 0 atom stereocenters. The quantitative estimate of drug-likeness (QED) is 0.0515. The van der Waals surface area contributed by atoms with Gasteiger partial charge in [-0.05, 0) is 70.3 Å². The lowest BCUT2D eigenvalue weighted by Gasteiger charge is -2.17. The van der Waals surface area contributed by atoms with Crippen molar-refractivity contribution in [1.29, 1.82) is 0 Å². The Kier molecular flexibility index (Phi) is 16.9. The Balaban J connectivity index is 2.17. The molecule has 0 amide bonds. The van der Waals surface area contributed by atoms with Crippen LogP contribution in [-0.2, 0) is 14.2 Å². The average molecular weight is 742 g/mol. The lowest BCUT2D eigenvalue weighted by molar-refractivity contribution is 0.00573. The molecule has 0 bridgehead atoms. The van der Waals surface area contributed by atoms with Gasteiger partial charge in [-0.3, -0.25) is 0 Å². The smallest absolute Gasteiger partial charge is 0.189 e. The van der Waals surface area contributed by atoms with E-state index in [4.69, 9.17) is 33.2 Å². The molecule has 7 nitrogen and oxygen atoms in total. The van der Waals surface area contributed by atoms with Gasteiger partial charge in [0.05, 0.1) is 11.1 Å². The van der Waals surface area contributed by atoms with Crippen molar-refractivity contribution in [3.63, 3.8) is 0 Å². The van der Waals surface area contributed by atoms with Crippen LogP contribution < -0.4 is 18.9 Å². The van der Waals surface area contributed by atoms with E-state index in [9.17, 15) is 0 Å². The van der Waals surface area contributed by atoms with Crippen molar-refractivity contribution in [2.24, 2.45) is 0 Å². The van der Waals surface area contributed by atoms with Crippen molar-refractivity contribution < 1.29 is 33.2 Å². The minimum atomic E-state index is -1.18. The van der Waals surface area contributed by atoms with Crippen molar-refractivity contribution in [1.82, 2.24) is 0 Å². The van der Waals surface area contributed by atoms with Gasteiger partial charge >= 0.3 is 0 Å². The number of ether oxygens (including phenoxy) is 7. The first-order chi connectivity index (χ1) is 21.1. The first kappa shape index (κ1) is 39.6. The largest absolute Gasteiger partial charge is 0.493 e. The van der Waals surface area contributed by atoms with Crippen LogP contribution in [0.15, 0.2) is 34.8 Å². The molecular weight excluding hydrogens is 685 g/mol. The van der Waals surface area contributed by atoms with Crippen molar-refractivity contribution in [3.05, 3.63) is 45.9 Å². The molecular formula is C34H57BrO7Si3. The predicted molar refractivity (Wildman–Crippen MR) is 199 cm³/mol. The van der Waals surface area contributed by atoms with Gasteiger partial charge in [-0.25, -0.2) is 0 Å². The minimum absolute atomic E-state index is 0.160. The molecule has 0 aliphatic rings. The van der Waals surface area contributed by atoms with E-state index in [1.807, 2.05) is 49.4 Å². The third-order valence-corrected chi connectivity index (χ3v) is 12.6. The molecule has 2 rings (SSSR count). The number of hydrogen-bond donors (Lipinski definition) is 0. The Bertz CT molecular complexity index is 1190. The Morgan fingerprint density at radius 3 is 1.60 bits per heavy atom. The summed E-state index contributed by atoms with van der Waals surface area (Å²) in [6, 6.07) is 13.0. The molecule has 0 aromatic heterocycles. The fourth-order valence-corrected chi connectivity index (χ4v) is 6.48. The van der Waals surface area contributed by atoms with E-state index < -0.39 is 24.2 Å². The van der Waals surface area contributed by atoms with Crippen LogP contribution in [0.2, 0.25) is 77.1 Å². The van der Waals surface area contributed by atoms with Gasteiger partial charge in [0.2, 0.25) is 0 Å². The highest BCUT2D eigenvalue weighted by Crippen LogP contribution is 2.36. The highest BCUT2D eigenvalue weighted by atomic mass is 79.9. The van der Waals surface area contributed by atoms with E-state index in [0.717, 1.165) is 33.7 Å². The van der Waals surface area contributed by atoms with E-state index in [1.54, 1.807) is 0 Å². The van der Waals surface area contributed by atoms with Gasteiger partial charge in [-0.1, -0.05) is 77.1 Å².